The van der Waals surface area contributed by atoms with Crippen LogP contribution >= 0.6 is 22.9 Å². The SMILES string of the molecule is CCOCC1=C(CN2CCN3C(=O)N(C)CC3C2C(=O)OC)NC(c2nccs2)=NC1c1cccc(F)c1Cl. The Kier molecular flexibility index (Phi) is 8.17. The third-order valence-electron chi connectivity index (χ3n) is 7.24. The van der Waals surface area contributed by atoms with Crippen molar-refractivity contribution in [1.29, 1.82) is 0 Å². The molecule has 3 aliphatic heterocycles. The molecule has 1 aromatic heterocycles. The molecule has 0 radical (unpaired) electrons. The summed E-state index contributed by atoms with van der Waals surface area (Å²) in [5.74, 6) is -0.420. The van der Waals surface area contributed by atoms with Gasteiger partial charge in [-0.1, -0.05) is 23.7 Å². The van der Waals surface area contributed by atoms with E-state index in [1.54, 1.807) is 35.2 Å². The van der Waals surface area contributed by atoms with Crippen molar-refractivity contribution in [1.82, 2.24) is 25.0 Å². The molecule has 5 rings (SSSR count). The van der Waals surface area contributed by atoms with Gasteiger partial charge in [-0.25, -0.2) is 14.2 Å². The number of benzene rings is 1. The number of amides is 2. The van der Waals surface area contributed by atoms with E-state index in [1.807, 2.05) is 17.2 Å². The van der Waals surface area contributed by atoms with Crippen molar-refractivity contribution in [2.24, 2.45) is 4.99 Å². The third-order valence-corrected chi connectivity index (χ3v) is 8.42. The van der Waals surface area contributed by atoms with Crippen molar-refractivity contribution in [2.45, 2.75) is 25.0 Å². The van der Waals surface area contributed by atoms with Crippen LogP contribution in [0.4, 0.5) is 9.18 Å². The summed E-state index contributed by atoms with van der Waals surface area (Å²) in [5.41, 5.74) is 2.04. The Morgan fingerprint density at radius 3 is 2.87 bits per heavy atom. The fourth-order valence-corrected chi connectivity index (χ4v) is 6.18. The number of carbonyl (C=O) groups is 2. The van der Waals surface area contributed by atoms with Gasteiger partial charge in [0.05, 0.1) is 24.8 Å². The minimum atomic E-state index is -0.668. The van der Waals surface area contributed by atoms with Gasteiger partial charge in [0.1, 0.15) is 17.9 Å². The van der Waals surface area contributed by atoms with Crippen molar-refractivity contribution in [2.75, 3.05) is 53.6 Å². The molecule has 4 heterocycles. The first-order chi connectivity index (χ1) is 18.8. The van der Waals surface area contributed by atoms with Gasteiger partial charge in [0, 0.05) is 68.2 Å². The Bertz CT molecular complexity index is 1310. The molecule has 3 unspecified atom stereocenters. The number of likely N-dealkylation sites (N-methyl/N-ethyl adjacent to an activating group) is 1. The molecule has 0 bridgehead atoms. The number of rotatable bonds is 8. The predicted octanol–water partition coefficient (Wildman–Crippen LogP) is 2.91. The summed E-state index contributed by atoms with van der Waals surface area (Å²) in [7, 11) is 3.09. The zero-order valence-electron chi connectivity index (χ0n) is 21.9. The molecule has 10 nitrogen and oxygen atoms in total. The molecule has 0 spiro atoms. The summed E-state index contributed by atoms with van der Waals surface area (Å²) in [6, 6.07) is 2.93. The molecular formula is C26H30ClFN6O4S. The maximum absolute atomic E-state index is 14.6. The van der Waals surface area contributed by atoms with E-state index in [1.165, 1.54) is 24.5 Å². The smallest absolute Gasteiger partial charge is 0.325 e. The Hall–Kier alpha value is -3.06. The highest BCUT2D eigenvalue weighted by Gasteiger charge is 2.49. The third kappa shape index (κ3) is 5.25. The molecular weight excluding hydrogens is 547 g/mol. The zero-order chi connectivity index (χ0) is 27.7. The van der Waals surface area contributed by atoms with E-state index in [0.29, 0.717) is 49.2 Å². The first-order valence-corrected chi connectivity index (χ1v) is 13.9. The second-order valence-corrected chi connectivity index (χ2v) is 10.8. The van der Waals surface area contributed by atoms with Crippen LogP contribution in [0.1, 0.15) is 23.5 Å². The molecule has 2 fully saturated rings. The maximum Gasteiger partial charge on any atom is 0.325 e. The average molecular weight is 577 g/mol. The fourth-order valence-electron chi connectivity index (χ4n) is 5.36. The number of nitrogens with one attached hydrogen (secondary N) is 1. The highest BCUT2D eigenvalue weighted by Crippen LogP contribution is 2.37. The number of aromatic nitrogens is 1. The zero-order valence-corrected chi connectivity index (χ0v) is 23.5. The minimum Gasteiger partial charge on any atom is -0.468 e. The van der Waals surface area contributed by atoms with Gasteiger partial charge in [-0.15, -0.1) is 11.3 Å². The lowest BCUT2D eigenvalue weighted by Gasteiger charge is -2.43. The molecule has 1 N–H and O–H groups in total. The minimum absolute atomic E-state index is 0.00598. The summed E-state index contributed by atoms with van der Waals surface area (Å²) in [5, 5.41) is 5.94. The number of piperazine rings is 1. The van der Waals surface area contributed by atoms with Crippen LogP contribution in [0.2, 0.25) is 5.02 Å². The van der Waals surface area contributed by atoms with Gasteiger partial charge in [-0.3, -0.25) is 14.7 Å². The van der Waals surface area contributed by atoms with Crippen LogP contribution in [-0.4, -0.2) is 103 Å². The number of hydrogen-bond acceptors (Lipinski definition) is 9. The van der Waals surface area contributed by atoms with E-state index in [0.717, 1.165) is 11.3 Å². The molecule has 0 aliphatic carbocycles. The van der Waals surface area contributed by atoms with E-state index < -0.39 is 23.9 Å². The Morgan fingerprint density at radius 1 is 1.33 bits per heavy atom. The van der Waals surface area contributed by atoms with Gasteiger partial charge in [0.2, 0.25) is 0 Å². The van der Waals surface area contributed by atoms with Crippen LogP contribution < -0.4 is 5.32 Å². The van der Waals surface area contributed by atoms with Crippen LogP contribution in [0.15, 0.2) is 46.0 Å². The molecule has 2 amide bonds. The molecule has 1 aromatic carbocycles. The number of methoxy groups -OCH3 is 1. The highest BCUT2D eigenvalue weighted by atomic mass is 35.5. The second-order valence-electron chi connectivity index (χ2n) is 9.49. The van der Waals surface area contributed by atoms with E-state index in [-0.39, 0.29) is 23.7 Å². The Morgan fingerprint density at radius 2 is 2.15 bits per heavy atom. The number of hydrogen-bond donors (Lipinski definition) is 1. The quantitative estimate of drug-likeness (QED) is 0.482. The van der Waals surface area contributed by atoms with Gasteiger partial charge in [-0.05, 0) is 13.0 Å². The summed E-state index contributed by atoms with van der Waals surface area (Å²) in [6.07, 6.45) is 1.69. The van der Waals surface area contributed by atoms with Gasteiger partial charge in [0.15, 0.2) is 10.8 Å². The van der Waals surface area contributed by atoms with E-state index in [4.69, 9.17) is 26.1 Å². The number of amidine groups is 1. The summed E-state index contributed by atoms with van der Waals surface area (Å²) < 4.78 is 25.6. The lowest BCUT2D eigenvalue weighted by Crippen LogP contribution is -2.62. The van der Waals surface area contributed by atoms with E-state index >= 15 is 0 Å². The second kappa shape index (κ2) is 11.6. The monoisotopic (exact) mass is 576 g/mol. The number of carbonyl (C=O) groups excluding carboxylic acids is 2. The number of thiazole rings is 1. The van der Waals surface area contributed by atoms with Crippen molar-refractivity contribution in [3.05, 3.63) is 62.5 Å². The topological polar surface area (TPSA) is 99.6 Å². The summed E-state index contributed by atoms with van der Waals surface area (Å²) >= 11 is 7.88. The van der Waals surface area contributed by atoms with Crippen LogP contribution in [0.25, 0.3) is 0 Å². The fraction of sp³-hybridized carbons (Fsp3) is 0.462. The standard InChI is InChI=1S/C26H30ClFN6O4S/c1-4-38-14-16-18(12-33-9-10-34-19(13-32(2)26(34)36)22(33)25(35)37-3)30-23(24-29-8-11-39-24)31-21(16)15-6-5-7-17(28)20(15)27/h5-8,11,19,21-22H,4,9-10,12-14H2,1-3H3,(H,30,31). The van der Waals surface area contributed by atoms with Crippen LogP contribution in [0, 0.1) is 5.82 Å². The number of aliphatic imine (C=N–C) groups is 1. The predicted molar refractivity (Wildman–Crippen MR) is 145 cm³/mol. The number of urea groups is 1. The number of halogens is 2. The average Bonchev–Trinajstić information content (AvgIpc) is 3.57. The molecule has 39 heavy (non-hydrogen) atoms. The lowest BCUT2D eigenvalue weighted by atomic mass is 9.94. The highest BCUT2D eigenvalue weighted by molar-refractivity contribution is 7.11. The van der Waals surface area contributed by atoms with Crippen LogP contribution in [0.3, 0.4) is 0 Å². The van der Waals surface area contributed by atoms with E-state index in [2.05, 4.69) is 10.3 Å². The van der Waals surface area contributed by atoms with Crippen molar-refractivity contribution in [3.63, 3.8) is 0 Å². The summed E-state index contributed by atoms with van der Waals surface area (Å²) in [4.78, 5) is 40.5. The molecule has 2 aromatic rings. The van der Waals surface area contributed by atoms with Crippen LogP contribution in [0.5, 0.6) is 0 Å². The van der Waals surface area contributed by atoms with E-state index in [9.17, 15) is 14.0 Å². The normalized spacial score (nSPS) is 23.6. The molecule has 2 saturated heterocycles. The molecule has 208 valence electrons. The Labute approximate surface area is 235 Å². The van der Waals surface area contributed by atoms with Crippen molar-refractivity contribution < 1.29 is 23.5 Å². The van der Waals surface area contributed by atoms with Crippen molar-refractivity contribution >= 4 is 40.8 Å². The first kappa shape index (κ1) is 27.5. The number of esters is 1. The molecule has 0 saturated carbocycles. The first-order valence-electron chi connectivity index (χ1n) is 12.7. The molecule has 3 atom stereocenters. The van der Waals surface area contributed by atoms with Crippen molar-refractivity contribution in [3.8, 4) is 0 Å². The van der Waals surface area contributed by atoms with Gasteiger partial charge in [0.25, 0.3) is 0 Å². The number of nitrogens with zero attached hydrogens (tertiary/aromatic N) is 5. The maximum atomic E-state index is 14.6. The largest absolute Gasteiger partial charge is 0.468 e. The molecule has 13 heteroatoms. The number of fused-ring (bicyclic) bond motifs is 1. The molecule has 3 aliphatic rings. The number of ether oxygens (including phenoxy) is 2. The Balaban J connectivity index is 1.57. The lowest BCUT2D eigenvalue weighted by molar-refractivity contribution is -0.150. The summed E-state index contributed by atoms with van der Waals surface area (Å²) in [6.45, 7) is 4.24. The van der Waals surface area contributed by atoms with Gasteiger partial charge >= 0.3 is 12.0 Å². The van der Waals surface area contributed by atoms with Gasteiger partial charge in [-0.2, -0.15) is 0 Å². The van der Waals surface area contributed by atoms with Gasteiger partial charge < -0.3 is 24.6 Å². The van der Waals surface area contributed by atoms with Crippen LogP contribution in [-0.2, 0) is 14.3 Å².